The van der Waals surface area contributed by atoms with Gasteiger partial charge in [-0.15, -0.1) is 0 Å². The van der Waals surface area contributed by atoms with Crippen LogP contribution in [0.2, 0.25) is 0 Å². The van der Waals surface area contributed by atoms with E-state index in [2.05, 4.69) is 20.6 Å². The Morgan fingerprint density at radius 2 is 1.92 bits per heavy atom. The van der Waals surface area contributed by atoms with Crippen LogP contribution in [0.3, 0.4) is 0 Å². The molecular weight excluding hydrogens is 498 g/mol. The van der Waals surface area contributed by atoms with Gasteiger partial charge in [0, 0.05) is 24.2 Å². The van der Waals surface area contributed by atoms with Gasteiger partial charge < -0.3 is 14.6 Å². The number of carboxylic acid groups (broad SMARTS) is 1. The average molecular weight is 526 g/mol. The Kier molecular flexibility index (Phi) is 7.80. The van der Waals surface area contributed by atoms with Gasteiger partial charge in [-0.1, -0.05) is 30.3 Å². The number of thiophene rings is 1. The fourth-order valence-electron chi connectivity index (χ4n) is 4.19. The molecule has 1 atom stereocenters. The number of aryl methyl sites for hydroxylation is 1. The molecule has 192 valence electrons. The van der Waals surface area contributed by atoms with E-state index in [0.29, 0.717) is 30.2 Å². The second-order valence-corrected chi connectivity index (χ2v) is 9.64. The molecule has 0 spiro atoms. The Balaban J connectivity index is 1.51. The van der Waals surface area contributed by atoms with Gasteiger partial charge >= 0.3 is 5.97 Å². The first-order valence-corrected chi connectivity index (χ1v) is 13.2. The van der Waals surface area contributed by atoms with Crippen LogP contribution < -0.4 is 9.47 Å². The van der Waals surface area contributed by atoms with E-state index in [0.717, 1.165) is 33.6 Å². The predicted molar refractivity (Wildman–Crippen MR) is 147 cm³/mol. The van der Waals surface area contributed by atoms with E-state index in [-0.39, 0.29) is 6.42 Å². The van der Waals surface area contributed by atoms with E-state index >= 15 is 0 Å². The summed E-state index contributed by atoms with van der Waals surface area (Å²) < 4.78 is 12.7. The number of benzene rings is 2. The molecule has 2 N–H and O–H groups in total. The highest BCUT2D eigenvalue weighted by molar-refractivity contribution is 7.07. The van der Waals surface area contributed by atoms with Crippen molar-refractivity contribution in [2.75, 3.05) is 0 Å². The first kappa shape index (κ1) is 25.2. The lowest BCUT2D eigenvalue weighted by Crippen LogP contribution is -2.12. The van der Waals surface area contributed by atoms with Crippen molar-refractivity contribution in [2.45, 2.75) is 32.5 Å². The second-order valence-electron chi connectivity index (χ2n) is 8.86. The number of rotatable bonds is 11. The Labute approximate surface area is 224 Å². The van der Waals surface area contributed by atoms with Gasteiger partial charge in [-0.3, -0.25) is 14.9 Å². The summed E-state index contributed by atoms with van der Waals surface area (Å²) in [5, 5.41) is 21.1. The van der Waals surface area contributed by atoms with Gasteiger partial charge in [0.25, 0.3) is 0 Å². The Hall–Kier alpha value is -4.43. The first-order chi connectivity index (χ1) is 18.6. The third-order valence-corrected chi connectivity index (χ3v) is 6.89. The van der Waals surface area contributed by atoms with Crippen LogP contribution in [0, 0.1) is 6.92 Å². The van der Waals surface area contributed by atoms with Crippen molar-refractivity contribution in [3.63, 3.8) is 0 Å². The quantitative estimate of drug-likeness (QED) is 0.191. The molecule has 0 radical (unpaired) electrons. The van der Waals surface area contributed by atoms with E-state index in [9.17, 15) is 9.90 Å². The number of aromatic amines is 1. The summed E-state index contributed by atoms with van der Waals surface area (Å²) in [6.45, 7) is 2.44. The molecule has 0 aliphatic heterocycles. The summed E-state index contributed by atoms with van der Waals surface area (Å²) in [6, 6.07) is 23.2. The van der Waals surface area contributed by atoms with Crippen molar-refractivity contribution >= 4 is 17.3 Å². The van der Waals surface area contributed by atoms with Gasteiger partial charge in [0.05, 0.1) is 17.1 Å². The highest BCUT2D eigenvalue weighted by atomic mass is 32.1. The summed E-state index contributed by atoms with van der Waals surface area (Å²) in [5.74, 6) is 0.343. The summed E-state index contributed by atoms with van der Waals surface area (Å²) in [6.07, 6.45) is 1.57. The zero-order valence-electron chi connectivity index (χ0n) is 20.8. The maximum atomic E-state index is 11.5. The van der Waals surface area contributed by atoms with E-state index in [1.807, 2.05) is 85.1 Å². The number of carboxylic acids is 1. The summed E-state index contributed by atoms with van der Waals surface area (Å²) in [7, 11) is 0. The number of nitrogens with zero attached hydrogens (tertiary/aromatic N) is 2. The van der Waals surface area contributed by atoms with Crippen LogP contribution >= 0.6 is 11.3 Å². The van der Waals surface area contributed by atoms with Gasteiger partial charge in [-0.2, -0.15) is 16.4 Å². The molecule has 5 rings (SSSR count). The maximum absolute atomic E-state index is 11.5. The number of pyridine rings is 1. The molecule has 0 aliphatic carbocycles. The molecule has 7 nitrogen and oxygen atoms in total. The van der Waals surface area contributed by atoms with Crippen LogP contribution in [0.1, 0.15) is 35.6 Å². The Morgan fingerprint density at radius 3 is 2.68 bits per heavy atom. The molecule has 8 heteroatoms. The molecular formula is C30H27N3O4S. The minimum atomic E-state index is -0.868. The molecule has 0 unspecified atom stereocenters. The van der Waals surface area contributed by atoms with Gasteiger partial charge in [0.15, 0.2) is 0 Å². The highest BCUT2D eigenvalue weighted by Crippen LogP contribution is 2.38. The van der Waals surface area contributed by atoms with Gasteiger partial charge in [-0.25, -0.2) is 0 Å². The molecule has 0 amide bonds. The smallest absolute Gasteiger partial charge is 0.303 e. The molecule has 5 aromatic rings. The molecule has 0 saturated carbocycles. The van der Waals surface area contributed by atoms with Gasteiger partial charge in [0.2, 0.25) is 0 Å². The molecule has 3 aromatic heterocycles. The third-order valence-electron chi connectivity index (χ3n) is 6.16. The van der Waals surface area contributed by atoms with E-state index in [1.165, 1.54) is 0 Å². The minimum Gasteiger partial charge on any atom is -0.489 e. The van der Waals surface area contributed by atoms with Crippen LogP contribution in [0.5, 0.6) is 11.5 Å². The lowest BCUT2D eigenvalue weighted by atomic mass is 9.99. The van der Waals surface area contributed by atoms with Crippen LogP contribution in [-0.4, -0.2) is 26.3 Å². The van der Waals surface area contributed by atoms with Gasteiger partial charge in [-0.05, 0) is 77.2 Å². The standard InChI is InChI=1S/C30H27N3O4S/c1-20-6-2-3-7-23(20)28(11-12-30(34)35)37-29-16-22(36-18-21-13-15-38-19-21)9-10-24(29)26-17-27(33-32-26)25-8-4-5-14-31-25/h2-10,13-17,19,28H,11-12,18H2,1H3,(H,32,33)(H,34,35)/t28-/m0/s1. The zero-order chi connectivity index (χ0) is 26.3. The number of carbonyl (C=O) groups is 1. The van der Waals surface area contributed by atoms with Crippen molar-refractivity contribution in [3.05, 3.63) is 106 Å². The monoisotopic (exact) mass is 525 g/mol. The number of hydrogen-bond acceptors (Lipinski definition) is 6. The average Bonchev–Trinajstić information content (AvgIpc) is 3.64. The topological polar surface area (TPSA) is 97.3 Å². The zero-order valence-corrected chi connectivity index (χ0v) is 21.7. The summed E-state index contributed by atoms with van der Waals surface area (Å²) in [4.78, 5) is 15.9. The number of H-pyrrole nitrogens is 1. The van der Waals surface area contributed by atoms with Crippen molar-refractivity contribution in [2.24, 2.45) is 0 Å². The number of hydrogen-bond donors (Lipinski definition) is 2. The van der Waals surface area contributed by atoms with Crippen LogP contribution in [0.4, 0.5) is 0 Å². The first-order valence-electron chi connectivity index (χ1n) is 12.3. The Bertz CT molecular complexity index is 1500. The van der Waals surface area contributed by atoms with Crippen molar-refractivity contribution in [1.29, 1.82) is 0 Å². The maximum Gasteiger partial charge on any atom is 0.303 e. The normalized spacial score (nSPS) is 11.7. The molecule has 0 bridgehead atoms. The minimum absolute atomic E-state index is 0.0189. The highest BCUT2D eigenvalue weighted by Gasteiger charge is 2.21. The third kappa shape index (κ3) is 6.10. The summed E-state index contributed by atoms with van der Waals surface area (Å²) >= 11 is 1.62. The Morgan fingerprint density at radius 1 is 1.05 bits per heavy atom. The largest absolute Gasteiger partial charge is 0.489 e. The predicted octanol–water partition coefficient (Wildman–Crippen LogP) is 7.07. The molecule has 3 heterocycles. The number of ether oxygens (including phenoxy) is 2. The summed E-state index contributed by atoms with van der Waals surface area (Å²) in [5.41, 5.74) is 6.08. The van der Waals surface area contributed by atoms with Crippen molar-refractivity contribution in [1.82, 2.24) is 15.2 Å². The molecule has 0 aliphatic rings. The van der Waals surface area contributed by atoms with Crippen LogP contribution in [0.25, 0.3) is 22.6 Å². The number of aliphatic carboxylic acids is 1. The van der Waals surface area contributed by atoms with Crippen LogP contribution in [-0.2, 0) is 11.4 Å². The lowest BCUT2D eigenvalue weighted by molar-refractivity contribution is -0.137. The fourth-order valence-corrected chi connectivity index (χ4v) is 4.84. The number of aromatic nitrogens is 3. The van der Waals surface area contributed by atoms with E-state index < -0.39 is 12.1 Å². The second kappa shape index (κ2) is 11.7. The molecule has 0 saturated heterocycles. The van der Waals surface area contributed by atoms with E-state index in [1.54, 1.807) is 17.5 Å². The van der Waals surface area contributed by atoms with Gasteiger partial charge in [0.1, 0.15) is 24.2 Å². The lowest BCUT2D eigenvalue weighted by Gasteiger charge is -2.23. The molecule has 0 fully saturated rings. The van der Waals surface area contributed by atoms with Crippen molar-refractivity contribution in [3.8, 4) is 34.1 Å². The number of nitrogens with one attached hydrogen (secondary N) is 1. The molecule has 2 aromatic carbocycles. The molecule has 38 heavy (non-hydrogen) atoms. The fraction of sp³-hybridized carbons (Fsp3) is 0.167. The van der Waals surface area contributed by atoms with Crippen molar-refractivity contribution < 1.29 is 19.4 Å². The van der Waals surface area contributed by atoms with E-state index in [4.69, 9.17) is 9.47 Å². The van der Waals surface area contributed by atoms with Crippen LogP contribution in [0.15, 0.2) is 89.8 Å². The SMILES string of the molecule is Cc1ccccc1[C@H](CCC(=O)O)Oc1cc(OCc2ccsc2)ccc1-c1cc(-c2ccccn2)[nH]n1.